The van der Waals surface area contributed by atoms with Gasteiger partial charge in [-0.1, -0.05) is 26.0 Å². The first kappa shape index (κ1) is 19.5. The number of rotatable bonds is 8. The van der Waals surface area contributed by atoms with E-state index in [-0.39, 0.29) is 12.5 Å². The van der Waals surface area contributed by atoms with Crippen molar-refractivity contribution in [2.45, 2.75) is 33.1 Å². The monoisotopic (exact) mass is 355 g/mol. The standard InChI is InChI=1S/C21H25NO4/c1-4-15(3)16-6-10-18(11-7-16)22-20(23)14-26-21(24)17-8-12-19(13-9-17)25-5-2/h6-13,15H,4-5,14H2,1-3H3,(H,22,23)/t15-/m1/s1. The first-order chi connectivity index (χ1) is 12.5. The van der Waals surface area contributed by atoms with Crippen LogP contribution in [0, 0.1) is 0 Å². The van der Waals surface area contributed by atoms with Crippen LogP contribution >= 0.6 is 0 Å². The van der Waals surface area contributed by atoms with Gasteiger partial charge in [-0.3, -0.25) is 4.79 Å². The van der Waals surface area contributed by atoms with Gasteiger partial charge in [-0.2, -0.15) is 0 Å². The Kier molecular flexibility index (Phi) is 7.21. The Morgan fingerprint density at radius 3 is 2.23 bits per heavy atom. The molecule has 5 nitrogen and oxygen atoms in total. The van der Waals surface area contributed by atoms with Crippen molar-refractivity contribution >= 4 is 17.6 Å². The summed E-state index contributed by atoms with van der Waals surface area (Å²) in [7, 11) is 0. The lowest BCUT2D eigenvalue weighted by Gasteiger charge is -2.11. The summed E-state index contributed by atoms with van der Waals surface area (Å²) in [5.41, 5.74) is 2.28. The summed E-state index contributed by atoms with van der Waals surface area (Å²) in [5, 5.41) is 2.72. The van der Waals surface area contributed by atoms with Crippen molar-refractivity contribution in [1.82, 2.24) is 0 Å². The Hall–Kier alpha value is -2.82. The highest BCUT2D eigenvalue weighted by atomic mass is 16.5. The van der Waals surface area contributed by atoms with Crippen LogP contribution in [0.2, 0.25) is 0 Å². The molecule has 1 atom stereocenters. The number of carbonyl (C=O) groups is 2. The van der Waals surface area contributed by atoms with Crippen LogP contribution in [0.5, 0.6) is 5.75 Å². The molecule has 0 aliphatic rings. The van der Waals surface area contributed by atoms with Crippen LogP contribution in [0.25, 0.3) is 0 Å². The maximum absolute atomic E-state index is 12.0. The van der Waals surface area contributed by atoms with Crippen LogP contribution in [-0.2, 0) is 9.53 Å². The van der Waals surface area contributed by atoms with E-state index in [1.165, 1.54) is 5.56 Å². The van der Waals surface area contributed by atoms with E-state index in [0.717, 1.165) is 6.42 Å². The number of nitrogens with one attached hydrogen (secondary N) is 1. The Bertz CT molecular complexity index is 723. The van der Waals surface area contributed by atoms with Crippen molar-refractivity contribution in [2.75, 3.05) is 18.5 Å². The summed E-state index contributed by atoms with van der Waals surface area (Å²) in [4.78, 5) is 23.9. The van der Waals surface area contributed by atoms with Crippen molar-refractivity contribution < 1.29 is 19.1 Å². The Morgan fingerprint density at radius 1 is 1.00 bits per heavy atom. The largest absolute Gasteiger partial charge is 0.494 e. The Labute approximate surface area is 154 Å². The SMILES string of the molecule is CCOc1ccc(C(=O)OCC(=O)Nc2ccc([C@H](C)CC)cc2)cc1. The molecule has 0 heterocycles. The van der Waals surface area contributed by atoms with E-state index in [0.29, 0.717) is 29.5 Å². The highest BCUT2D eigenvalue weighted by Gasteiger charge is 2.11. The molecule has 0 fully saturated rings. The van der Waals surface area contributed by atoms with Gasteiger partial charge in [0.25, 0.3) is 5.91 Å². The van der Waals surface area contributed by atoms with Gasteiger partial charge in [0.2, 0.25) is 0 Å². The second-order valence-corrected chi connectivity index (χ2v) is 6.01. The highest BCUT2D eigenvalue weighted by Crippen LogP contribution is 2.20. The predicted octanol–water partition coefficient (Wildman–Crippen LogP) is 4.39. The van der Waals surface area contributed by atoms with E-state index in [4.69, 9.17) is 9.47 Å². The van der Waals surface area contributed by atoms with Gasteiger partial charge in [0.1, 0.15) is 5.75 Å². The molecule has 0 bridgehead atoms. The average Bonchev–Trinajstić information content (AvgIpc) is 2.67. The average molecular weight is 355 g/mol. The lowest BCUT2D eigenvalue weighted by Crippen LogP contribution is -2.20. The maximum atomic E-state index is 12.0. The van der Waals surface area contributed by atoms with Crippen LogP contribution in [0.3, 0.4) is 0 Å². The quantitative estimate of drug-likeness (QED) is 0.713. The summed E-state index contributed by atoms with van der Waals surface area (Å²) in [6.07, 6.45) is 1.06. The molecule has 0 radical (unpaired) electrons. The zero-order chi connectivity index (χ0) is 18.9. The molecule has 0 unspecified atom stereocenters. The third kappa shape index (κ3) is 5.62. The van der Waals surface area contributed by atoms with E-state index >= 15 is 0 Å². The van der Waals surface area contributed by atoms with Gasteiger partial charge in [0, 0.05) is 5.69 Å². The molecule has 26 heavy (non-hydrogen) atoms. The summed E-state index contributed by atoms with van der Waals surface area (Å²) in [6, 6.07) is 14.3. The molecule has 2 aromatic rings. The fraction of sp³-hybridized carbons (Fsp3) is 0.333. The third-order valence-electron chi connectivity index (χ3n) is 4.11. The Morgan fingerprint density at radius 2 is 1.65 bits per heavy atom. The summed E-state index contributed by atoms with van der Waals surface area (Å²) >= 11 is 0. The molecular weight excluding hydrogens is 330 g/mol. The summed E-state index contributed by atoms with van der Waals surface area (Å²) in [6.45, 7) is 6.41. The number of carbonyl (C=O) groups excluding carboxylic acids is 2. The normalized spacial score (nSPS) is 11.5. The van der Waals surface area contributed by atoms with Crippen molar-refractivity contribution in [3.05, 3.63) is 59.7 Å². The van der Waals surface area contributed by atoms with Crippen molar-refractivity contribution in [2.24, 2.45) is 0 Å². The van der Waals surface area contributed by atoms with Gasteiger partial charge in [0.05, 0.1) is 12.2 Å². The van der Waals surface area contributed by atoms with Crippen LogP contribution in [0.1, 0.15) is 49.0 Å². The molecule has 0 aromatic heterocycles. The second kappa shape index (κ2) is 9.61. The minimum Gasteiger partial charge on any atom is -0.494 e. The summed E-state index contributed by atoms with van der Waals surface area (Å²) < 4.78 is 10.4. The van der Waals surface area contributed by atoms with Crippen LogP contribution in [0.4, 0.5) is 5.69 Å². The van der Waals surface area contributed by atoms with E-state index in [1.807, 2.05) is 31.2 Å². The number of ether oxygens (including phenoxy) is 2. The van der Waals surface area contributed by atoms with E-state index in [9.17, 15) is 9.59 Å². The first-order valence-electron chi connectivity index (χ1n) is 8.83. The first-order valence-corrected chi connectivity index (χ1v) is 8.83. The minimum atomic E-state index is -0.546. The summed E-state index contributed by atoms with van der Waals surface area (Å²) in [5.74, 6) is 0.244. The molecule has 138 valence electrons. The van der Waals surface area contributed by atoms with Gasteiger partial charge < -0.3 is 14.8 Å². The van der Waals surface area contributed by atoms with E-state index < -0.39 is 5.97 Å². The minimum absolute atomic E-state index is 0.334. The number of amides is 1. The van der Waals surface area contributed by atoms with Gasteiger partial charge in [-0.15, -0.1) is 0 Å². The molecule has 0 saturated heterocycles. The van der Waals surface area contributed by atoms with Crippen molar-refractivity contribution in [3.63, 3.8) is 0 Å². The van der Waals surface area contributed by atoms with Crippen LogP contribution in [-0.4, -0.2) is 25.1 Å². The van der Waals surface area contributed by atoms with E-state index in [1.54, 1.807) is 24.3 Å². The van der Waals surface area contributed by atoms with Gasteiger partial charge in [-0.05, 0) is 61.2 Å². The molecule has 0 aliphatic carbocycles. The number of hydrogen-bond acceptors (Lipinski definition) is 4. The molecular formula is C21H25NO4. The lowest BCUT2D eigenvalue weighted by molar-refractivity contribution is -0.119. The van der Waals surface area contributed by atoms with Gasteiger partial charge >= 0.3 is 5.97 Å². The van der Waals surface area contributed by atoms with E-state index in [2.05, 4.69) is 19.2 Å². The molecule has 2 aromatic carbocycles. The topological polar surface area (TPSA) is 64.6 Å². The number of hydrogen-bond donors (Lipinski definition) is 1. The molecule has 1 N–H and O–H groups in total. The highest BCUT2D eigenvalue weighted by molar-refractivity contribution is 5.95. The third-order valence-corrected chi connectivity index (χ3v) is 4.11. The van der Waals surface area contributed by atoms with Crippen LogP contribution < -0.4 is 10.1 Å². The molecule has 0 saturated carbocycles. The number of benzene rings is 2. The second-order valence-electron chi connectivity index (χ2n) is 6.01. The molecule has 5 heteroatoms. The fourth-order valence-corrected chi connectivity index (χ4v) is 2.40. The maximum Gasteiger partial charge on any atom is 0.338 e. The zero-order valence-electron chi connectivity index (χ0n) is 15.5. The fourth-order valence-electron chi connectivity index (χ4n) is 2.40. The lowest BCUT2D eigenvalue weighted by atomic mass is 9.99. The molecule has 1 amide bonds. The zero-order valence-corrected chi connectivity index (χ0v) is 15.5. The molecule has 0 spiro atoms. The van der Waals surface area contributed by atoms with Crippen molar-refractivity contribution in [1.29, 1.82) is 0 Å². The van der Waals surface area contributed by atoms with Gasteiger partial charge in [-0.25, -0.2) is 4.79 Å². The van der Waals surface area contributed by atoms with Crippen LogP contribution in [0.15, 0.2) is 48.5 Å². The predicted molar refractivity (Wildman–Crippen MR) is 102 cm³/mol. The number of anilines is 1. The Balaban J connectivity index is 1.83. The van der Waals surface area contributed by atoms with Crippen molar-refractivity contribution in [3.8, 4) is 5.75 Å². The number of esters is 1. The molecule has 2 rings (SSSR count). The van der Waals surface area contributed by atoms with Gasteiger partial charge in [0.15, 0.2) is 6.61 Å². The molecule has 0 aliphatic heterocycles. The smallest absolute Gasteiger partial charge is 0.338 e.